The van der Waals surface area contributed by atoms with Crippen LogP contribution in [0.5, 0.6) is 0 Å². The predicted octanol–water partition coefficient (Wildman–Crippen LogP) is -0.788. The molecule has 1 unspecified atom stereocenters. The van der Waals surface area contributed by atoms with Crippen LogP contribution in [-0.2, 0) is 14.3 Å². The van der Waals surface area contributed by atoms with E-state index in [2.05, 4.69) is 5.32 Å². The zero-order valence-electron chi connectivity index (χ0n) is 10.2. The highest BCUT2D eigenvalue weighted by Gasteiger charge is 2.36. The van der Waals surface area contributed by atoms with Crippen LogP contribution in [0, 0.1) is 12.8 Å². The fourth-order valence-corrected chi connectivity index (χ4v) is 2.67. The zero-order chi connectivity index (χ0) is 12.9. The van der Waals surface area contributed by atoms with Gasteiger partial charge >= 0.3 is 5.97 Å². The van der Waals surface area contributed by atoms with Crippen LogP contribution in [-0.4, -0.2) is 25.5 Å². The number of furan rings is 1. The van der Waals surface area contributed by atoms with Gasteiger partial charge in [-0.1, -0.05) is 0 Å². The van der Waals surface area contributed by atoms with Gasteiger partial charge in [0.25, 0.3) is 5.91 Å². The first-order chi connectivity index (χ1) is 8.61. The second kappa shape index (κ2) is 3.73. The van der Waals surface area contributed by atoms with Crippen LogP contribution in [0.3, 0.4) is 0 Å². The van der Waals surface area contributed by atoms with Crippen molar-refractivity contribution in [2.24, 2.45) is 5.92 Å². The van der Waals surface area contributed by atoms with Crippen LogP contribution in [0.2, 0.25) is 0 Å². The second-order valence-corrected chi connectivity index (χ2v) is 4.59. The molecule has 1 saturated heterocycles. The van der Waals surface area contributed by atoms with Gasteiger partial charge in [0.1, 0.15) is 11.2 Å². The Bertz CT molecular complexity index is 668. The first-order valence-corrected chi connectivity index (χ1v) is 5.82. The lowest BCUT2D eigenvalue weighted by Gasteiger charge is -2.14. The maximum absolute atomic E-state index is 11.8. The second-order valence-electron chi connectivity index (χ2n) is 4.59. The van der Waals surface area contributed by atoms with Gasteiger partial charge in [-0.2, -0.15) is 0 Å². The predicted molar refractivity (Wildman–Crippen MR) is 62.6 cm³/mol. The number of carbonyl (C=O) groups excluding carboxylic acids is 2. The average Bonchev–Trinajstić information content (AvgIpc) is 2.90. The van der Waals surface area contributed by atoms with Gasteiger partial charge in [-0.15, -0.1) is 0 Å². The smallest absolute Gasteiger partial charge is 0.334 e. The number of aryl methyl sites for hydroxylation is 1. The minimum Gasteiger partial charge on any atom is -0.466 e. The Morgan fingerprint density at radius 2 is 2.33 bits per heavy atom. The van der Waals surface area contributed by atoms with Gasteiger partial charge in [0.2, 0.25) is 0 Å². The molecule has 1 amide bonds. The van der Waals surface area contributed by atoms with Crippen LogP contribution in [0.1, 0.15) is 12.2 Å². The highest BCUT2D eigenvalue weighted by molar-refractivity contribution is 6.19. The van der Waals surface area contributed by atoms with E-state index in [0.717, 1.165) is 0 Å². The summed E-state index contributed by atoms with van der Waals surface area (Å²) in [5.41, 5.74) is 1.78. The third kappa shape index (κ3) is 1.40. The van der Waals surface area contributed by atoms with Crippen molar-refractivity contribution in [1.29, 1.82) is 0 Å². The summed E-state index contributed by atoms with van der Waals surface area (Å²) in [5, 5.41) is 3.48. The Kier molecular flexibility index (Phi) is 2.29. The van der Waals surface area contributed by atoms with E-state index in [1.54, 1.807) is 13.0 Å². The van der Waals surface area contributed by atoms with Crippen molar-refractivity contribution < 1.29 is 18.7 Å². The fraction of sp³-hybridized carbons (Fsp3) is 0.385. The maximum atomic E-state index is 11.8. The molecule has 0 bridgehead atoms. The van der Waals surface area contributed by atoms with Crippen LogP contribution in [0.4, 0.5) is 0 Å². The number of hydrogen-bond donors (Lipinski definition) is 1. The molecule has 0 saturated carbocycles. The number of rotatable bonds is 1. The number of nitrogens with one attached hydrogen (secondary N) is 1. The quantitative estimate of drug-likeness (QED) is 0.660. The molecule has 0 spiro atoms. The Balaban J connectivity index is 2.38. The number of amides is 1. The molecule has 1 atom stereocenters. The van der Waals surface area contributed by atoms with Crippen LogP contribution in [0.15, 0.2) is 10.5 Å². The van der Waals surface area contributed by atoms with E-state index in [1.807, 2.05) is 0 Å². The summed E-state index contributed by atoms with van der Waals surface area (Å²) in [7, 11) is 1.36. The van der Waals surface area contributed by atoms with Gasteiger partial charge in [0, 0.05) is 23.3 Å². The van der Waals surface area contributed by atoms with Crippen molar-refractivity contribution in [3.05, 3.63) is 22.5 Å². The van der Waals surface area contributed by atoms with Gasteiger partial charge in [-0.3, -0.25) is 4.79 Å². The highest BCUT2D eigenvalue weighted by atomic mass is 16.5. The van der Waals surface area contributed by atoms with Gasteiger partial charge in [0.05, 0.1) is 12.7 Å². The lowest BCUT2D eigenvalue weighted by molar-refractivity contribution is -0.134. The molecule has 18 heavy (non-hydrogen) atoms. The summed E-state index contributed by atoms with van der Waals surface area (Å²) in [5.74, 6) is 0.244. The number of fused-ring (bicyclic) bond motifs is 2. The Hall–Kier alpha value is -2.04. The van der Waals surface area contributed by atoms with Crippen molar-refractivity contribution >= 4 is 23.0 Å². The molecule has 1 aliphatic heterocycles. The molecule has 0 aromatic carbocycles. The summed E-state index contributed by atoms with van der Waals surface area (Å²) in [6.07, 6.45) is 0.521. The Morgan fingerprint density at radius 3 is 3.06 bits per heavy atom. The van der Waals surface area contributed by atoms with E-state index in [4.69, 9.17) is 9.15 Å². The lowest BCUT2D eigenvalue weighted by atomic mass is 9.89. The highest BCUT2D eigenvalue weighted by Crippen LogP contribution is 2.27. The van der Waals surface area contributed by atoms with Crippen molar-refractivity contribution in [1.82, 2.24) is 5.32 Å². The maximum Gasteiger partial charge on any atom is 0.334 e. The fourth-order valence-electron chi connectivity index (χ4n) is 2.67. The molecule has 1 aliphatic carbocycles. The molecule has 5 heteroatoms. The Labute approximate surface area is 103 Å². The number of hydrogen-bond acceptors (Lipinski definition) is 4. The third-order valence-corrected chi connectivity index (χ3v) is 3.47. The number of methoxy groups -OCH3 is 1. The minimum atomic E-state index is -0.351. The first-order valence-electron chi connectivity index (χ1n) is 5.82. The molecule has 2 heterocycles. The molecular formula is C13H13NO4. The van der Waals surface area contributed by atoms with E-state index in [0.29, 0.717) is 40.5 Å². The molecular weight excluding hydrogens is 234 g/mol. The number of esters is 1. The molecule has 0 radical (unpaired) electrons. The van der Waals surface area contributed by atoms with Crippen molar-refractivity contribution in [2.75, 3.05) is 13.7 Å². The van der Waals surface area contributed by atoms with E-state index < -0.39 is 0 Å². The van der Waals surface area contributed by atoms with Gasteiger partial charge in [-0.25, -0.2) is 4.79 Å². The standard InChI is InChI=1S/C13H13NO4/c1-6-3-8-9(13(16)17-2)4-7-5-14-12(15)10(7)11(8)18-6/h3,7H,4-5H2,1-2H3,(H,14,15). The van der Waals surface area contributed by atoms with Crippen molar-refractivity contribution in [3.8, 4) is 0 Å². The SMILES string of the molecule is COC(=O)C1=c2cc(C)oc2=C2C(=O)NCC2C1. The number of carbonyl (C=O) groups is 2. The molecule has 5 nitrogen and oxygen atoms in total. The summed E-state index contributed by atoms with van der Waals surface area (Å²) < 4.78 is 10.4. The molecule has 1 fully saturated rings. The Morgan fingerprint density at radius 1 is 1.56 bits per heavy atom. The molecule has 1 aromatic rings. The van der Waals surface area contributed by atoms with Gasteiger partial charge < -0.3 is 14.5 Å². The largest absolute Gasteiger partial charge is 0.466 e. The lowest BCUT2D eigenvalue weighted by Crippen LogP contribution is -2.35. The minimum absolute atomic E-state index is 0.00431. The average molecular weight is 247 g/mol. The summed E-state index contributed by atoms with van der Waals surface area (Å²) in [6, 6.07) is 1.79. The van der Waals surface area contributed by atoms with Crippen molar-refractivity contribution in [2.45, 2.75) is 13.3 Å². The van der Waals surface area contributed by atoms with E-state index in [9.17, 15) is 9.59 Å². The monoisotopic (exact) mass is 247 g/mol. The molecule has 3 rings (SSSR count). The summed E-state index contributed by atoms with van der Waals surface area (Å²) in [4.78, 5) is 23.6. The van der Waals surface area contributed by atoms with Gasteiger partial charge in [0.15, 0.2) is 0 Å². The molecule has 1 N–H and O–H groups in total. The summed E-state index contributed by atoms with van der Waals surface area (Å²) in [6.45, 7) is 2.35. The normalized spacial score (nSPS) is 21.4. The van der Waals surface area contributed by atoms with E-state index in [-0.39, 0.29) is 17.8 Å². The van der Waals surface area contributed by atoms with Crippen molar-refractivity contribution in [3.63, 3.8) is 0 Å². The molecule has 1 aromatic heterocycles. The van der Waals surface area contributed by atoms with Crippen LogP contribution in [0.25, 0.3) is 11.1 Å². The van der Waals surface area contributed by atoms with E-state index >= 15 is 0 Å². The van der Waals surface area contributed by atoms with E-state index in [1.165, 1.54) is 7.11 Å². The van der Waals surface area contributed by atoms with Crippen LogP contribution < -0.4 is 16.0 Å². The van der Waals surface area contributed by atoms with Gasteiger partial charge in [-0.05, 0) is 19.4 Å². The van der Waals surface area contributed by atoms with Crippen LogP contribution >= 0.6 is 0 Å². The first kappa shape index (κ1) is 11.1. The summed E-state index contributed by atoms with van der Waals surface area (Å²) >= 11 is 0. The molecule has 2 aliphatic rings. The molecule has 94 valence electrons. The topological polar surface area (TPSA) is 68.5 Å². The zero-order valence-corrected chi connectivity index (χ0v) is 10.2. The number of ether oxygens (including phenoxy) is 1. The third-order valence-electron chi connectivity index (χ3n) is 3.47.